The Morgan fingerprint density at radius 2 is 1.78 bits per heavy atom. The van der Waals surface area contributed by atoms with Crippen LogP contribution in [0.2, 0.25) is 5.02 Å². The van der Waals surface area contributed by atoms with Crippen LogP contribution in [0.1, 0.15) is 15.9 Å². The number of nitrogens with zero attached hydrogens (tertiary/aromatic N) is 2. The van der Waals surface area contributed by atoms with E-state index in [1.165, 1.54) is 0 Å². The Morgan fingerprint density at radius 3 is 2.30 bits per heavy atom. The van der Waals surface area contributed by atoms with Crippen LogP contribution in [-0.4, -0.2) is 44.1 Å². The molecule has 1 saturated heterocycles. The Morgan fingerprint density at radius 1 is 1.15 bits per heavy atom. The number of piperazine rings is 1. The lowest BCUT2D eigenvalue weighted by Crippen LogP contribution is -2.50. The second kappa shape index (κ2) is 7.64. The van der Waals surface area contributed by atoms with Gasteiger partial charge >= 0.3 is 6.18 Å². The Bertz CT molecular complexity index is 820. The molecule has 5 nitrogen and oxygen atoms in total. The number of alkyl halides is 3. The number of ether oxygens (including phenoxy) is 1. The maximum absolute atomic E-state index is 12.7. The average molecular weight is 401 g/mol. The van der Waals surface area contributed by atoms with E-state index in [0.717, 1.165) is 12.3 Å². The molecule has 1 aromatic heterocycles. The van der Waals surface area contributed by atoms with E-state index in [2.05, 4.69) is 4.98 Å². The molecule has 0 bridgehead atoms. The van der Waals surface area contributed by atoms with Gasteiger partial charge in [0.15, 0.2) is 0 Å². The average Bonchev–Trinajstić information content (AvgIpc) is 2.67. The Kier molecular flexibility index (Phi) is 5.46. The predicted octanol–water partition coefficient (Wildman–Crippen LogP) is 3.14. The van der Waals surface area contributed by atoms with Crippen LogP contribution in [-0.2, 0) is 6.18 Å². The summed E-state index contributed by atoms with van der Waals surface area (Å²) >= 11 is 6.03. The largest absolute Gasteiger partial charge is 0.497 e. The number of hydrogen-bond donors (Lipinski definition) is 0. The molecule has 0 radical (unpaired) electrons. The molecule has 2 heterocycles. The number of aromatic nitrogens is 1. The molecule has 1 amide bonds. The minimum Gasteiger partial charge on any atom is -0.497 e. The van der Waals surface area contributed by atoms with Crippen molar-refractivity contribution in [1.29, 1.82) is 0 Å². The third kappa shape index (κ3) is 4.27. The van der Waals surface area contributed by atoms with E-state index in [1.807, 2.05) is 4.90 Å². The summed E-state index contributed by atoms with van der Waals surface area (Å²) in [5, 5.41) is -0.000226. The van der Waals surface area contributed by atoms with E-state index in [0.29, 0.717) is 43.3 Å². The SMILES string of the molecule is COc1ccc(C(=O)N2CCN(c3[nH+]cc(C(F)(F)F)cc3Cl)CC2)cc1. The van der Waals surface area contributed by atoms with Crippen LogP contribution < -0.4 is 14.6 Å². The normalized spacial score (nSPS) is 15.0. The summed E-state index contributed by atoms with van der Waals surface area (Å²) in [6, 6.07) is 7.76. The standard InChI is InChI=1S/C18H17ClF3N3O2/c1-27-14-4-2-12(3-5-14)17(26)25-8-6-24(7-9-25)16-15(19)10-13(11-23-16)18(20,21)22/h2-5,10-11H,6-9H2,1H3/p+1. The van der Waals surface area contributed by atoms with E-state index in [9.17, 15) is 18.0 Å². The highest BCUT2D eigenvalue weighted by atomic mass is 35.5. The fourth-order valence-electron chi connectivity index (χ4n) is 2.92. The molecule has 1 aliphatic rings. The number of methoxy groups -OCH3 is 1. The molecule has 3 rings (SSSR count). The molecule has 9 heteroatoms. The molecule has 0 saturated carbocycles. The molecule has 1 N–H and O–H groups in total. The van der Waals surface area contributed by atoms with Gasteiger partial charge in [0.05, 0.1) is 25.8 Å². The van der Waals surface area contributed by atoms with Gasteiger partial charge in [-0.25, -0.2) is 4.98 Å². The van der Waals surface area contributed by atoms with Crippen molar-refractivity contribution in [3.63, 3.8) is 0 Å². The van der Waals surface area contributed by atoms with E-state index in [1.54, 1.807) is 36.3 Å². The van der Waals surface area contributed by atoms with Gasteiger partial charge < -0.3 is 9.64 Å². The maximum atomic E-state index is 12.7. The van der Waals surface area contributed by atoms with Crippen molar-refractivity contribution in [2.75, 3.05) is 38.2 Å². The van der Waals surface area contributed by atoms with E-state index >= 15 is 0 Å². The zero-order valence-electron chi connectivity index (χ0n) is 14.5. The van der Waals surface area contributed by atoms with Crippen LogP contribution in [0, 0.1) is 0 Å². The molecule has 0 atom stereocenters. The second-order valence-electron chi connectivity index (χ2n) is 6.09. The van der Waals surface area contributed by atoms with Crippen molar-refractivity contribution in [2.24, 2.45) is 0 Å². The molecular formula is C18H18ClF3N3O2+. The number of carbonyl (C=O) groups excluding carboxylic acids is 1. The first-order valence-electron chi connectivity index (χ1n) is 8.26. The number of anilines is 1. The fourth-order valence-corrected chi connectivity index (χ4v) is 3.21. The highest BCUT2D eigenvalue weighted by Gasteiger charge is 2.34. The lowest BCUT2D eigenvalue weighted by Gasteiger charge is -2.31. The third-order valence-electron chi connectivity index (χ3n) is 4.42. The summed E-state index contributed by atoms with van der Waals surface area (Å²) in [7, 11) is 1.56. The van der Waals surface area contributed by atoms with Gasteiger partial charge in [0.25, 0.3) is 11.7 Å². The number of aromatic amines is 1. The van der Waals surface area contributed by atoms with Crippen LogP contribution in [0.3, 0.4) is 0 Å². The summed E-state index contributed by atoms with van der Waals surface area (Å²) in [5.74, 6) is 0.991. The molecule has 144 valence electrons. The number of nitrogens with one attached hydrogen (secondary N) is 1. The summed E-state index contributed by atoms with van der Waals surface area (Å²) in [4.78, 5) is 18.7. The van der Waals surface area contributed by atoms with Crippen LogP contribution in [0.4, 0.5) is 19.0 Å². The first-order valence-corrected chi connectivity index (χ1v) is 8.64. The molecule has 1 aromatic carbocycles. The topological polar surface area (TPSA) is 46.9 Å². The number of halogens is 4. The number of rotatable bonds is 3. The molecule has 0 unspecified atom stereocenters. The zero-order valence-corrected chi connectivity index (χ0v) is 15.3. The summed E-state index contributed by atoms with van der Waals surface area (Å²) in [5.41, 5.74) is -0.270. The van der Waals surface area contributed by atoms with Gasteiger partial charge in [0.1, 0.15) is 30.1 Å². The van der Waals surface area contributed by atoms with Gasteiger partial charge in [-0.3, -0.25) is 9.69 Å². The lowest BCUT2D eigenvalue weighted by atomic mass is 10.1. The minimum absolute atomic E-state index is 0.000226. The number of benzene rings is 1. The molecular weight excluding hydrogens is 383 g/mol. The minimum atomic E-state index is -4.46. The van der Waals surface area contributed by atoms with Crippen LogP contribution in [0.15, 0.2) is 36.5 Å². The van der Waals surface area contributed by atoms with E-state index < -0.39 is 11.7 Å². The molecule has 0 spiro atoms. The van der Waals surface area contributed by atoms with Gasteiger partial charge in [-0.2, -0.15) is 13.2 Å². The molecule has 0 aliphatic carbocycles. The second-order valence-corrected chi connectivity index (χ2v) is 6.50. The number of H-pyrrole nitrogens is 1. The van der Waals surface area contributed by atoms with Crippen LogP contribution in [0.25, 0.3) is 0 Å². The first kappa shape index (κ1) is 19.3. The predicted molar refractivity (Wildman–Crippen MR) is 94.1 cm³/mol. The quantitative estimate of drug-likeness (QED) is 0.795. The van der Waals surface area contributed by atoms with Crippen molar-refractivity contribution < 1.29 is 27.7 Å². The molecule has 2 aromatic rings. The molecule has 1 fully saturated rings. The maximum Gasteiger partial charge on any atom is 0.419 e. The smallest absolute Gasteiger partial charge is 0.419 e. The summed E-state index contributed by atoms with van der Waals surface area (Å²) in [6.07, 6.45) is -3.56. The first-order chi connectivity index (χ1) is 12.8. The third-order valence-corrected chi connectivity index (χ3v) is 4.71. The van der Waals surface area contributed by atoms with Gasteiger partial charge in [-0.1, -0.05) is 11.6 Å². The number of amides is 1. The van der Waals surface area contributed by atoms with Crippen molar-refractivity contribution in [2.45, 2.75) is 6.18 Å². The summed E-state index contributed by atoms with van der Waals surface area (Å²) < 4.78 is 43.3. The number of pyridine rings is 1. The van der Waals surface area contributed by atoms with Gasteiger partial charge in [0.2, 0.25) is 0 Å². The Hall–Kier alpha value is -2.48. The van der Waals surface area contributed by atoms with Crippen molar-refractivity contribution >= 4 is 23.3 Å². The Balaban J connectivity index is 1.65. The summed E-state index contributed by atoms with van der Waals surface area (Å²) in [6.45, 7) is 1.80. The lowest BCUT2D eigenvalue weighted by molar-refractivity contribution is -0.367. The highest BCUT2D eigenvalue weighted by Crippen LogP contribution is 2.32. The number of hydrogen-bond acceptors (Lipinski definition) is 3. The van der Waals surface area contributed by atoms with Crippen molar-refractivity contribution in [3.05, 3.63) is 52.7 Å². The van der Waals surface area contributed by atoms with E-state index in [4.69, 9.17) is 16.3 Å². The molecule has 27 heavy (non-hydrogen) atoms. The fraction of sp³-hybridized carbons (Fsp3) is 0.333. The zero-order chi connectivity index (χ0) is 19.6. The highest BCUT2D eigenvalue weighted by molar-refractivity contribution is 6.32. The number of carbonyl (C=O) groups is 1. The van der Waals surface area contributed by atoms with E-state index in [-0.39, 0.29) is 10.9 Å². The molecule has 1 aliphatic heterocycles. The van der Waals surface area contributed by atoms with Crippen LogP contribution >= 0.6 is 11.6 Å². The Labute approximate surface area is 159 Å². The van der Waals surface area contributed by atoms with Crippen molar-refractivity contribution in [3.8, 4) is 5.75 Å². The van der Waals surface area contributed by atoms with Crippen LogP contribution in [0.5, 0.6) is 5.75 Å². The van der Waals surface area contributed by atoms with Gasteiger partial charge in [-0.15, -0.1) is 0 Å². The van der Waals surface area contributed by atoms with Gasteiger partial charge in [0, 0.05) is 5.56 Å². The monoisotopic (exact) mass is 400 g/mol. The van der Waals surface area contributed by atoms with Crippen molar-refractivity contribution in [1.82, 2.24) is 4.90 Å². The van der Waals surface area contributed by atoms with Gasteiger partial charge in [-0.05, 0) is 30.3 Å².